The SMILES string of the molecule is Cn1cc(C(=O)NNC(=O)CCl)c2ccccc21. The summed E-state index contributed by atoms with van der Waals surface area (Å²) in [6.45, 7) is 0. The monoisotopic (exact) mass is 265 g/mol. The van der Waals surface area contributed by atoms with E-state index in [0.717, 1.165) is 10.9 Å². The van der Waals surface area contributed by atoms with Crippen LogP contribution in [0.1, 0.15) is 10.4 Å². The lowest BCUT2D eigenvalue weighted by Gasteiger charge is -2.04. The number of hydrogen-bond acceptors (Lipinski definition) is 2. The number of benzene rings is 1. The third kappa shape index (κ3) is 2.31. The number of carbonyl (C=O) groups excluding carboxylic acids is 2. The van der Waals surface area contributed by atoms with E-state index in [2.05, 4.69) is 10.9 Å². The molecule has 0 spiro atoms. The second-order valence-electron chi connectivity index (χ2n) is 3.81. The summed E-state index contributed by atoms with van der Waals surface area (Å²) >= 11 is 5.31. The first-order valence-electron chi connectivity index (χ1n) is 5.32. The summed E-state index contributed by atoms with van der Waals surface area (Å²) in [4.78, 5) is 22.9. The predicted octanol–water partition coefficient (Wildman–Crippen LogP) is 1.18. The smallest absolute Gasteiger partial charge is 0.271 e. The third-order valence-corrected chi connectivity index (χ3v) is 2.82. The zero-order valence-corrected chi connectivity index (χ0v) is 10.5. The lowest BCUT2D eigenvalue weighted by molar-refractivity contribution is -0.119. The largest absolute Gasteiger partial charge is 0.350 e. The number of alkyl halides is 1. The Morgan fingerprint density at radius 3 is 2.72 bits per heavy atom. The molecule has 2 rings (SSSR count). The van der Waals surface area contributed by atoms with Crippen LogP contribution in [0.25, 0.3) is 10.9 Å². The lowest BCUT2D eigenvalue weighted by Crippen LogP contribution is -2.42. The van der Waals surface area contributed by atoms with Crippen LogP contribution in [0.5, 0.6) is 0 Å². The number of halogens is 1. The molecule has 2 aromatic rings. The van der Waals surface area contributed by atoms with Gasteiger partial charge in [-0.15, -0.1) is 11.6 Å². The minimum atomic E-state index is -0.453. The van der Waals surface area contributed by atoms with Crippen molar-refractivity contribution in [3.05, 3.63) is 36.0 Å². The average Bonchev–Trinajstić information content (AvgIpc) is 2.74. The van der Waals surface area contributed by atoms with E-state index in [4.69, 9.17) is 11.6 Å². The fourth-order valence-electron chi connectivity index (χ4n) is 1.75. The maximum atomic E-state index is 11.9. The van der Waals surface area contributed by atoms with Crippen LogP contribution in [-0.4, -0.2) is 22.3 Å². The summed E-state index contributed by atoms with van der Waals surface area (Å²) in [5.74, 6) is -1.02. The molecule has 0 bridgehead atoms. The van der Waals surface area contributed by atoms with E-state index < -0.39 is 5.91 Å². The van der Waals surface area contributed by atoms with Gasteiger partial charge in [0.05, 0.1) is 5.56 Å². The zero-order valence-electron chi connectivity index (χ0n) is 9.74. The Kier molecular flexibility index (Phi) is 3.53. The van der Waals surface area contributed by atoms with E-state index in [9.17, 15) is 9.59 Å². The van der Waals surface area contributed by atoms with E-state index in [-0.39, 0.29) is 11.8 Å². The molecular weight excluding hydrogens is 254 g/mol. The number of aromatic nitrogens is 1. The number of hydrazine groups is 1. The molecule has 1 heterocycles. The Bertz CT molecular complexity index is 606. The van der Waals surface area contributed by atoms with Gasteiger partial charge in [-0.2, -0.15) is 0 Å². The first-order valence-corrected chi connectivity index (χ1v) is 5.86. The first-order chi connectivity index (χ1) is 8.63. The van der Waals surface area contributed by atoms with E-state index in [1.54, 1.807) is 6.20 Å². The van der Waals surface area contributed by atoms with Gasteiger partial charge in [0, 0.05) is 24.1 Å². The standard InChI is InChI=1S/C12H12ClN3O2/c1-16-7-9(8-4-2-3-5-10(8)16)12(18)15-14-11(17)6-13/h2-5,7H,6H2,1H3,(H,14,17)(H,15,18). The van der Waals surface area contributed by atoms with Gasteiger partial charge < -0.3 is 4.57 Å². The highest BCUT2D eigenvalue weighted by molar-refractivity contribution is 6.27. The molecule has 0 aliphatic carbocycles. The Morgan fingerprint density at radius 2 is 2.00 bits per heavy atom. The fourth-order valence-corrected chi connectivity index (χ4v) is 1.82. The van der Waals surface area contributed by atoms with Crippen molar-refractivity contribution in [2.45, 2.75) is 0 Å². The quantitative estimate of drug-likeness (QED) is 0.633. The van der Waals surface area contributed by atoms with Crippen LogP contribution < -0.4 is 10.9 Å². The molecule has 94 valence electrons. The highest BCUT2D eigenvalue weighted by Gasteiger charge is 2.13. The molecule has 0 fully saturated rings. The van der Waals surface area contributed by atoms with Gasteiger partial charge in [0.15, 0.2) is 0 Å². The molecule has 0 atom stereocenters. The number of nitrogens with one attached hydrogen (secondary N) is 2. The fraction of sp³-hybridized carbons (Fsp3) is 0.167. The Morgan fingerprint density at radius 1 is 1.28 bits per heavy atom. The summed E-state index contributed by atoms with van der Waals surface area (Å²) in [6.07, 6.45) is 1.72. The van der Waals surface area contributed by atoms with Gasteiger partial charge in [-0.25, -0.2) is 0 Å². The van der Waals surface area contributed by atoms with Gasteiger partial charge in [-0.1, -0.05) is 18.2 Å². The van der Waals surface area contributed by atoms with E-state index >= 15 is 0 Å². The van der Waals surface area contributed by atoms with E-state index in [1.165, 1.54) is 0 Å². The van der Waals surface area contributed by atoms with Crippen molar-refractivity contribution >= 4 is 34.3 Å². The second kappa shape index (κ2) is 5.10. The number of carbonyl (C=O) groups is 2. The molecule has 0 aliphatic rings. The van der Waals surface area contributed by atoms with Crippen molar-refractivity contribution in [2.75, 3.05) is 5.88 Å². The number of hydrogen-bond donors (Lipinski definition) is 2. The Balaban J connectivity index is 2.25. The second-order valence-corrected chi connectivity index (χ2v) is 4.07. The highest BCUT2D eigenvalue weighted by Crippen LogP contribution is 2.19. The number of aryl methyl sites for hydroxylation is 1. The number of fused-ring (bicyclic) bond motifs is 1. The number of nitrogens with zero attached hydrogens (tertiary/aromatic N) is 1. The van der Waals surface area contributed by atoms with Crippen molar-refractivity contribution in [2.24, 2.45) is 7.05 Å². The lowest BCUT2D eigenvalue weighted by atomic mass is 10.2. The molecular formula is C12H12ClN3O2. The van der Waals surface area contributed by atoms with Gasteiger partial charge in [0.1, 0.15) is 5.88 Å². The van der Waals surface area contributed by atoms with Gasteiger partial charge in [-0.3, -0.25) is 20.4 Å². The van der Waals surface area contributed by atoms with Gasteiger partial charge in [0.2, 0.25) is 0 Å². The summed E-state index contributed by atoms with van der Waals surface area (Å²) in [5, 5.41) is 0.831. The number of rotatable bonds is 2. The van der Waals surface area contributed by atoms with Gasteiger partial charge in [-0.05, 0) is 6.07 Å². The minimum absolute atomic E-state index is 0.199. The minimum Gasteiger partial charge on any atom is -0.350 e. The summed E-state index contributed by atoms with van der Waals surface area (Å²) in [7, 11) is 1.86. The molecule has 2 N–H and O–H groups in total. The molecule has 6 heteroatoms. The first kappa shape index (κ1) is 12.4. The van der Waals surface area contributed by atoms with Crippen LogP contribution in [0.15, 0.2) is 30.5 Å². The molecule has 0 saturated carbocycles. The van der Waals surface area contributed by atoms with E-state index in [0.29, 0.717) is 5.56 Å². The van der Waals surface area contributed by atoms with Gasteiger partial charge >= 0.3 is 0 Å². The molecule has 1 aromatic heterocycles. The van der Waals surface area contributed by atoms with Gasteiger partial charge in [0.25, 0.3) is 11.8 Å². The van der Waals surface area contributed by atoms with Crippen LogP contribution in [0, 0.1) is 0 Å². The maximum Gasteiger partial charge on any atom is 0.271 e. The number of para-hydroxylation sites is 1. The summed E-state index contributed by atoms with van der Waals surface area (Å²) in [6, 6.07) is 7.53. The average molecular weight is 266 g/mol. The maximum absolute atomic E-state index is 11.9. The molecule has 0 radical (unpaired) electrons. The summed E-state index contributed by atoms with van der Waals surface area (Å²) in [5.41, 5.74) is 6.00. The zero-order chi connectivity index (χ0) is 13.1. The molecule has 0 saturated heterocycles. The van der Waals surface area contributed by atoms with Crippen molar-refractivity contribution in [3.63, 3.8) is 0 Å². The Labute approximate surface area is 109 Å². The molecule has 0 aliphatic heterocycles. The highest BCUT2D eigenvalue weighted by atomic mass is 35.5. The third-order valence-electron chi connectivity index (χ3n) is 2.58. The molecule has 18 heavy (non-hydrogen) atoms. The molecule has 1 aromatic carbocycles. The van der Waals surface area contributed by atoms with Crippen LogP contribution in [0.3, 0.4) is 0 Å². The topological polar surface area (TPSA) is 63.1 Å². The number of amides is 2. The van der Waals surface area contributed by atoms with Crippen LogP contribution >= 0.6 is 11.6 Å². The van der Waals surface area contributed by atoms with Crippen molar-refractivity contribution in [1.29, 1.82) is 0 Å². The Hall–Kier alpha value is -2.01. The van der Waals surface area contributed by atoms with Crippen LogP contribution in [0.4, 0.5) is 0 Å². The molecule has 2 amide bonds. The van der Waals surface area contributed by atoms with Crippen molar-refractivity contribution in [3.8, 4) is 0 Å². The molecule has 0 unspecified atom stereocenters. The van der Waals surface area contributed by atoms with Crippen molar-refractivity contribution in [1.82, 2.24) is 15.4 Å². The van der Waals surface area contributed by atoms with E-state index in [1.807, 2.05) is 35.9 Å². The predicted molar refractivity (Wildman–Crippen MR) is 69.2 cm³/mol. The normalized spacial score (nSPS) is 10.3. The van der Waals surface area contributed by atoms with Crippen LogP contribution in [0.2, 0.25) is 0 Å². The van der Waals surface area contributed by atoms with Crippen LogP contribution in [-0.2, 0) is 11.8 Å². The molecule has 5 nitrogen and oxygen atoms in total. The summed E-state index contributed by atoms with van der Waals surface area (Å²) < 4.78 is 1.85. The van der Waals surface area contributed by atoms with Crippen molar-refractivity contribution < 1.29 is 9.59 Å².